The van der Waals surface area contributed by atoms with Crippen LogP contribution in [0.1, 0.15) is 5.56 Å². The quantitative estimate of drug-likeness (QED) is 0.830. The largest absolute Gasteiger partial charge is 0.492 e. The normalized spacial score (nSPS) is 16.8. The van der Waals surface area contributed by atoms with Gasteiger partial charge in [-0.3, -0.25) is 4.90 Å². The van der Waals surface area contributed by atoms with E-state index < -0.39 is 0 Å². The second-order valence-corrected chi connectivity index (χ2v) is 5.33. The number of benzene rings is 1. The van der Waals surface area contributed by atoms with Crippen LogP contribution in [0.2, 0.25) is 0 Å². The molecule has 19 heavy (non-hydrogen) atoms. The van der Waals surface area contributed by atoms with Gasteiger partial charge in [0.25, 0.3) is 0 Å². The van der Waals surface area contributed by atoms with Crippen molar-refractivity contribution in [1.29, 1.82) is 0 Å². The van der Waals surface area contributed by atoms with Gasteiger partial charge in [0, 0.05) is 39.3 Å². The number of nitrogens with zero attached hydrogens (tertiary/aromatic N) is 2. The molecule has 1 fully saturated rings. The molecule has 1 N–H and O–H groups in total. The molecule has 1 aliphatic rings. The van der Waals surface area contributed by atoms with Crippen molar-refractivity contribution in [2.24, 2.45) is 0 Å². The second-order valence-electron chi connectivity index (χ2n) is 5.33. The standard InChI is InChI=1S/C15H25N3O/c1-17(2)10-11-19-15-5-3-4-14(12-15)13-18-8-6-16-7-9-18/h3-5,12,16H,6-11,13H2,1-2H3. The van der Waals surface area contributed by atoms with Crippen molar-refractivity contribution >= 4 is 0 Å². The molecule has 1 aromatic carbocycles. The molecule has 2 rings (SSSR count). The van der Waals surface area contributed by atoms with Gasteiger partial charge in [0.15, 0.2) is 0 Å². The molecule has 0 atom stereocenters. The SMILES string of the molecule is CN(C)CCOc1cccc(CN2CCNCC2)c1. The summed E-state index contributed by atoms with van der Waals surface area (Å²) in [7, 11) is 4.12. The lowest BCUT2D eigenvalue weighted by atomic mass is 10.2. The Hall–Kier alpha value is -1.10. The zero-order valence-corrected chi connectivity index (χ0v) is 12.1. The van der Waals surface area contributed by atoms with E-state index in [9.17, 15) is 0 Å². The van der Waals surface area contributed by atoms with Crippen LogP contribution in [-0.4, -0.2) is 63.2 Å². The van der Waals surface area contributed by atoms with Crippen molar-refractivity contribution in [3.8, 4) is 5.75 Å². The van der Waals surface area contributed by atoms with Crippen molar-refractivity contribution in [3.63, 3.8) is 0 Å². The van der Waals surface area contributed by atoms with Gasteiger partial charge in [-0.15, -0.1) is 0 Å². The molecule has 1 saturated heterocycles. The van der Waals surface area contributed by atoms with Crippen molar-refractivity contribution in [3.05, 3.63) is 29.8 Å². The van der Waals surface area contributed by atoms with Crippen LogP contribution in [0, 0.1) is 0 Å². The molecular weight excluding hydrogens is 238 g/mol. The van der Waals surface area contributed by atoms with Gasteiger partial charge in [0.2, 0.25) is 0 Å². The van der Waals surface area contributed by atoms with Gasteiger partial charge < -0.3 is 15.0 Å². The van der Waals surface area contributed by atoms with Gasteiger partial charge >= 0.3 is 0 Å². The van der Waals surface area contributed by atoms with E-state index in [1.807, 2.05) is 6.07 Å². The Balaban J connectivity index is 1.83. The first kappa shape index (κ1) is 14.3. The lowest BCUT2D eigenvalue weighted by Crippen LogP contribution is -2.42. The zero-order chi connectivity index (χ0) is 13.5. The maximum Gasteiger partial charge on any atom is 0.119 e. The highest BCUT2D eigenvalue weighted by Crippen LogP contribution is 2.15. The maximum absolute atomic E-state index is 5.77. The molecule has 1 heterocycles. The van der Waals surface area contributed by atoms with Gasteiger partial charge in [-0.2, -0.15) is 0 Å². The Morgan fingerprint density at radius 1 is 1.26 bits per heavy atom. The molecule has 1 aliphatic heterocycles. The highest BCUT2D eigenvalue weighted by atomic mass is 16.5. The number of nitrogens with one attached hydrogen (secondary N) is 1. The average Bonchev–Trinajstić information content (AvgIpc) is 2.40. The summed E-state index contributed by atoms with van der Waals surface area (Å²) in [5.41, 5.74) is 1.34. The summed E-state index contributed by atoms with van der Waals surface area (Å²) in [5, 5.41) is 3.38. The minimum atomic E-state index is 0.740. The van der Waals surface area contributed by atoms with E-state index in [-0.39, 0.29) is 0 Å². The highest BCUT2D eigenvalue weighted by Gasteiger charge is 2.10. The first-order valence-electron chi connectivity index (χ1n) is 7.03. The molecule has 0 radical (unpaired) electrons. The van der Waals surface area contributed by atoms with E-state index in [1.165, 1.54) is 5.56 Å². The van der Waals surface area contributed by atoms with Crippen LogP contribution < -0.4 is 10.1 Å². The molecule has 4 heteroatoms. The average molecular weight is 263 g/mol. The lowest BCUT2D eigenvalue weighted by molar-refractivity contribution is 0.232. The van der Waals surface area contributed by atoms with Gasteiger partial charge in [0.1, 0.15) is 12.4 Å². The maximum atomic E-state index is 5.77. The van der Waals surface area contributed by atoms with Gasteiger partial charge in [0.05, 0.1) is 0 Å². The summed E-state index contributed by atoms with van der Waals surface area (Å²) in [6, 6.07) is 8.47. The van der Waals surface area contributed by atoms with Crippen LogP contribution in [0.15, 0.2) is 24.3 Å². The van der Waals surface area contributed by atoms with Crippen LogP contribution in [0.4, 0.5) is 0 Å². The summed E-state index contributed by atoms with van der Waals surface area (Å²) in [4.78, 5) is 4.61. The Labute approximate surface area is 116 Å². The molecule has 0 spiro atoms. The predicted molar refractivity (Wildman–Crippen MR) is 78.6 cm³/mol. The Morgan fingerprint density at radius 3 is 2.79 bits per heavy atom. The number of likely N-dealkylation sites (N-methyl/N-ethyl adjacent to an activating group) is 1. The summed E-state index contributed by atoms with van der Waals surface area (Å²) >= 11 is 0. The van der Waals surface area contributed by atoms with Crippen molar-refractivity contribution < 1.29 is 4.74 Å². The smallest absolute Gasteiger partial charge is 0.119 e. The van der Waals surface area contributed by atoms with Gasteiger partial charge in [-0.05, 0) is 31.8 Å². The van der Waals surface area contributed by atoms with E-state index in [1.54, 1.807) is 0 Å². The number of hydrogen-bond donors (Lipinski definition) is 1. The number of piperazine rings is 1. The van der Waals surface area contributed by atoms with E-state index in [2.05, 4.69) is 47.4 Å². The topological polar surface area (TPSA) is 27.7 Å². The Kier molecular flexibility index (Phi) is 5.63. The van der Waals surface area contributed by atoms with E-state index in [0.29, 0.717) is 0 Å². The van der Waals surface area contributed by atoms with Crippen LogP contribution >= 0.6 is 0 Å². The molecular formula is C15H25N3O. The molecule has 4 nitrogen and oxygen atoms in total. The van der Waals surface area contributed by atoms with Crippen LogP contribution in [0.5, 0.6) is 5.75 Å². The first-order chi connectivity index (χ1) is 9.24. The summed E-state index contributed by atoms with van der Waals surface area (Å²) < 4.78 is 5.77. The summed E-state index contributed by atoms with van der Waals surface area (Å²) in [6.07, 6.45) is 0. The zero-order valence-electron chi connectivity index (χ0n) is 12.1. The van der Waals surface area contributed by atoms with E-state index in [0.717, 1.165) is 51.6 Å². The third-order valence-corrected chi connectivity index (χ3v) is 3.32. The number of rotatable bonds is 6. The summed E-state index contributed by atoms with van der Waals surface area (Å²) in [5.74, 6) is 0.981. The van der Waals surface area contributed by atoms with Gasteiger partial charge in [-0.1, -0.05) is 12.1 Å². The number of ether oxygens (including phenoxy) is 1. The van der Waals surface area contributed by atoms with Crippen molar-refractivity contribution in [2.45, 2.75) is 6.54 Å². The molecule has 0 amide bonds. The lowest BCUT2D eigenvalue weighted by Gasteiger charge is -2.27. The molecule has 0 aliphatic carbocycles. The number of hydrogen-bond acceptors (Lipinski definition) is 4. The van der Waals surface area contributed by atoms with E-state index in [4.69, 9.17) is 4.74 Å². The first-order valence-corrected chi connectivity index (χ1v) is 7.03. The minimum absolute atomic E-state index is 0.740. The van der Waals surface area contributed by atoms with Crippen molar-refractivity contribution in [2.75, 3.05) is 53.4 Å². The molecule has 0 bridgehead atoms. The fourth-order valence-corrected chi connectivity index (χ4v) is 2.21. The summed E-state index contributed by atoms with van der Waals surface area (Å²) in [6.45, 7) is 7.16. The van der Waals surface area contributed by atoms with Crippen LogP contribution in [0.25, 0.3) is 0 Å². The minimum Gasteiger partial charge on any atom is -0.492 e. The molecule has 0 unspecified atom stereocenters. The molecule has 0 saturated carbocycles. The second kappa shape index (κ2) is 7.48. The van der Waals surface area contributed by atoms with Crippen LogP contribution in [-0.2, 0) is 6.54 Å². The fraction of sp³-hybridized carbons (Fsp3) is 0.600. The highest BCUT2D eigenvalue weighted by molar-refractivity contribution is 5.28. The molecule has 1 aromatic rings. The van der Waals surface area contributed by atoms with Crippen LogP contribution in [0.3, 0.4) is 0 Å². The monoisotopic (exact) mass is 263 g/mol. The fourth-order valence-electron chi connectivity index (χ4n) is 2.21. The molecule has 0 aromatic heterocycles. The molecule has 106 valence electrons. The van der Waals surface area contributed by atoms with E-state index >= 15 is 0 Å². The third-order valence-electron chi connectivity index (χ3n) is 3.32. The third kappa shape index (κ3) is 5.19. The Bertz CT molecular complexity index is 375. The Morgan fingerprint density at radius 2 is 2.05 bits per heavy atom. The predicted octanol–water partition coefficient (Wildman–Crippen LogP) is 1.03. The van der Waals surface area contributed by atoms with Crippen molar-refractivity contribution in [1.82, 2.24) is 15.1 Å². The van der Waals surface area contributed by atoms with Gasteiger partial charge in [-0.25, -0.2) is 0 Å².